The number of aromatic nitrogens is 3. The average Bonchev–Trinajstić information content (AvgIpc) is 2.98. The lowest BCUT2D eigenvalue weighted by Gasteiger charge is -2.21. The summed E-state index contributed by atoms with van der Waals surface area (Å²) in [5.74, 6) is 1.55. The summed E-state index contributed by atoms with van der Waals surface area (Å²) in [6.07, 6.45) is 1.63. The lowest BCUT2D eigenvalue weighted by atomic mass is 10.0. The summed E-state index contributed by atoms with van der Waals surface area (Å²) < 4.78 is 1.97. The van der Waals surface area contributed by atoms with E-state index < -0.39 is 0 Å². The van der Waals surface area contributed by atoms with Gasteiger partial charge in [0, 0.05) is 17.0 Å². The van der Waals surface area contributed by atoms with Gasteiger partial charge in [-0.1, -0.05) is 19.9 Å². The monoisotopic (exact) mass is 278 g/mol. The van der Waals surface area contributed by atoms with Crippen LogP contribution in [0.2, 0.25) is 0 Å². The second kappa shape index (κ2) is 6.30. The molecule has 0 amide bonds. The van der Waals surface area contributed by atoms with E-state index in [-0.39, 0.29) is 0 Å². The van der Waals surface area contributed by atoms with Crippen LogP contribution in [0.15, 0.2) is 23.8 Å². The van der Waals surface area contributed by atoms with Crippen LogP contribution < -0.4 is 5.32 Å². The summed E-state index contributed by atoms with van der Waals surface area (Å²) in [5.41, 5.74) is 0. The maximum atomic E-state index is 4.34. The summed E-state index contributed by atoms with van der Waals surface area (Å²) in [7, 11) is 0. The van der Waals surface area contributed by atoms with Crippen LogP contribution in [0.4, 0.5) is 0 Å². The normalized spacial score (nSPS) is 13.4. The van der Waals surface area contributed by atoms with Crippen molar-refractivity contribution >= 4 is 11.3 Å². The third kappa shape index (κ3) is 3.42. The van der Waals surface area contributed by atoms with Gasteiger partial charge in [-0.05, 0) is 31.2 Å². The molecule has 1 N–H and O–H groups in total. The first-order chi connectivity index (χ1) is 9.09. The van der Waals surface area contributed by atoms with Crippen molar-refractivity contribution < 1.29 is 0 Å². The molecule has 4 nitrogen and oxygen atoms in total. The van der Waals surface area contributed by atoms with Crippen molar-refractivity contribution in [3.63, 3.8) is 0 Å². The van der Waals surface area contributed by atoms with Crippen LogP contribution in [0.1, 0.15) is 50.5 Å². The first-order valence-corrected chi connectivity index (χ1v) is 7.62. The van der Waals surface area contributed by atoms with Gasteiger partial charge in [-0.15, -0.1) is 11.3 Å². The molecule has 2 rings (SSSR count). The zero-order valence-corrected chi connectivity index (χ0v) is 12.8. The van der Waals surface area contributed by atoms with Crippen LogP contribution in [0.3, 0.4) is 0 Å². The van der Waals surface area contributed by atoms with Gasteiger partial charge in [-0.3, -0.25) is 0 Å². The Morgan fingerprint density at radius 1 is 1.32 bits per heavy atom. The highest BCUT2D eigenvalue weighted by molar-refractivity contribution is 7.10. The molecule has 1 atom stereocenters. The van der Waals surface area contributed by atoms with Gasteiger partial charge >= 0.3 is 0 Å². The topological polar surface area (TPSA) is 42.7 Å². The smallest absolute Gasteiger partial charge is 0.141 e. The lowest BCUT2D eigenvalue weighted by Crippen LogP contribution is -2.26. The third-order valence-corrected chi connectivity index (χ3v) is 4.09. The van der Waals surface area contributed by atoms with Gasteiger partial charge in [0.25, 0.3) is 0 Å². The Morgan fingerprint density at radius 2 is 2.11 bits per heavy atom. The van der Waals surface area contributed by atoms with Crippen molar-refractivity contribution in [1.82, 2.24) is 20.1 Å². The zero-order chi connectivity index (χ0) is 13.8. The Hall–Kier alpha value is -1.20. The number of nitrogens with one attached hydrogen (secondary N) is 1. The number of hydrogen-bond donors (Lipinski definition) is 1. The minimum atomic E-state index is 0.346. The zero-order valence-electron chi connectivity index (χ0n) is 12.0. The van der Waals surface area contributed by atoms with Crippen LogP contribution in [0, 0.1) is 5.92 Å². The van der Waals surface area contributed by atoms with Crippen LogP contribution in [-0.2, 0) is 6.54 Å². The second-order valence-corrected chi connectivity index (χ2v) is 6.31. The lowest BCUT2D eigenvalue weighted by molar-refractivity contribution is 0.398. The van der Waals surface area contributed by atoms with E-state index in [0.29, 0.717) is 18.0 Å². The van der Waals surface area contributed by atoms with Crippen LogP contribution >= 0.6 is 11.3 Å². The molecule has 104 valence electrons. The molecule has 0 bridgehead atoms. The third-order valence-electron chi connectivity index (χ3n) is 3.13. The molecule has 5 heteroatoms. The molecular weight excluding hydrogens is 256 g/mol. The SMILES string of the molecule is CC(C)C(NCc1ncnn1C(C)C)c1cccs1. The molecule has 0 fully saturated rings. The van der Waals surface area contributed by atoms with Crippen molar-refractivity contribution in [3.8, 4) is 0 Å². The van der Waals surface area contributed by atoms with Crippen LogP contribution in [0.25, 0.3) is 0 Å². The molecule has 2 aromatic heterocycles. The first-order valence-electron chi connectivity index (χ1n) is 6.74. The Labute approximate surface area is 118 Å². The predicted octanol–water partition coefficient (Wildman–Crippen LogP) is 3.41. The summed E-state index contributed by atoms with van der Waals surface area (Å²) in [5, 5.41) is 10.0. The van der Waals surface area contributed by atoms with Crippen molar-refractivity contribution in [2.45, 2.75) is 46.3 Å². The first kappa shape index (κ1) is 14.2. The molecule has 0 aliphatic carbocycles. The molecule has 1 unspecified atom stereocenters. The number of nitrogens with zero attached hydrogens (tertiary/aromatic N) is 3. The molecule has 19 heavy (non-hydrogen) atoms. The van der Waals surface area contributed by atoms with E-state index in [0.717, 1.165) is 12.4 Å². The summed E-state index contributed by atoms with van der Waals surface area (Å²) in [6.45, 7) is 9.48. The minimum absolute atomic E-state index is 0.346. The van der Waals surface area contributed by atoms with Crippen molar-refractivity contribution in [2.75, 3.05) is 0 Å². The van der Waals surface area contributed by atoms with E-state index in [4.69, 9.17) is 0 Å². The Bertz CT molecular complexity index is 487. The quantitative estimate of drug-likeness (QED) is 0.880. The maximum absolute atomic E-state index is 4.34. The van der Waals surface area contributed by atoms with E-state index >= 15 is 0 Å². The number of rotatable bonds is 6. The van der Waals surface area contributed by atoms with Gasteiger partial charge in [0.15, 0.2) is 0 Å². The van der Waals surface area contributed by atoms with Crippen LogP contribution in [0.5, 0.6) is 0 Å². The molecule has 0 radical (unpaired) electrons. The van der Waals surface area contributed by atoms with E-state index in [1.165, 1.54) is 4.88 Å². The molecule has 0 aliphatic heterocycles. The molecule has 2 aromatic rings. The highest BCUT2D eigenvalue weighted by Gasteiger charge is 2.17. The Kier molecular flexibility index (Phi) is 4.71. The van der Waals surface area contributed by atoms with Crippen molar-refractivity contribution in [1.29, 1.82) is 0 Å². The molecule has 0 spiro atoms. The predicted molar refractivity (Wildman–Crippen MR) is 79.1 cm³/mol. The largest absolute Gasteiger partial charge is 0.302 e. The minimum Gasteiger partial charge on any atom is -0.302 e. The molecule has 0 aromatic carbocycles. The van der Waals surface area contributed by atoms with Crippen molar-refractivity contribution in [3.05, 3.63) is 34.5 Å². The van der Waals surface area contributed by atoms with E-state index in [1.807, 2.05) is 4.68 Å². The number of thiophene rings is 1. The molecule has 0 saturated carbocycles. The van der Waals surface area contributed by atoms with Gasteiger partial charge in [-0.25, -0.2) is 9.67 Å². The van der Waals surface area contributed by atoms with Crippen molar-refractivity contribution in [2.24, 2.45) is 5.92 Å². The fourth-order valence-corrected chi connectivity index (χ4v) is 3.14. The van der Waals surface area contributed by atoms with Gasteiger partial charge in [0.1, 0.15) is 12.2 Å². The molecule has 2 heterocycles. The molecular formula is C14H22N4S. The fraction of sp³-hybridized carbons (Fsp3) is 0.571. The maximum Gasteiger partial charge on any atom is 0.141 e. The summed E-state index contributed by atoms with van der Waals surface area (Å²) in [4.78, 5) is 5.72. The highest BCUT2D eigenvalue weighted by atomic mass is 32.1. The standard InChI is InChI=1S/C14H22N4S/c1-10(2)14(12-6-5-7-19-12)15-8-13-16-9-17-18(13)11(3)4/h5-7,9-11,14-15H,8H2,1-4H3. The number of hydrogen-bond acceptors (Lipinski definition) is 4. The van der Waals surface area contributed by atoms with Gasteiger partial charge < -0.3 is 5.32 Å². The van der Waals surface area contributed by atoms with Gasteiger partial charge in [0.05, 0.1) is 6.54 Å². The summed E-state index contributed by atoms with van der Waals surface area (Å²) in [6, 6.07) is 5.01. The second-order valence-electron chi connectivity index (χ2n) is 5.33. The Morgan fingerprint density at radius 3 is 2.68 bits per heavy atom. The Balaban J connectivity index is 2.05. The van der Waals surface area contributed by atoms with Gasteiger partial charge in [-0.2, -0.15) is 5.10 Å². The highest BCUT2D eigenvalue weighted by Crippen LogP contribution is 2.26. The summed E-state index contributed by atoms with van der Waals surface area (Å²) >= 11 is 1.80. The fourth-order valence-electron chi connectivity index (χ4n) is 2.17. The van der Waals surface area contributed by atoms with E-state index in [2.05, 4.69) is 60.6 Å². The van der Waals surface area contributed by atoms with E-state index in [9.17, 15) is 0 Å². The van der Waals surface area contributed by atoms with E-state index in [1.54, 1.807) is 17.7 Å². The molecule has 0 aliphatic rings. The molecule has 0 saturated heterocycles. The van der Waals surface area contributed by atoms with Crippen LogP contribution in [-0.4, -0.2) is 14.8 Å². The van der Waals surface area contributed by atoms with Gasteiger partial charge in [0.2, 0.25) is 0 Å². The average molecular weight is 278 g/mol.